The summed E-state index contributed by atoms with van der Waals surface area (Å²) in [6.07, 6.45) is 3.30. The number of piperidine rings is 1. The molecule has 3 aromatic rings. The van der Waals surface area contributed by atoms with Crippen molar-refractivity contribution < 1.29 is 13.2 Å². The minimum atomic E-state index is -3.57. The van der Waals surface area contributed by atoms with Crippen LogP contribution < -0.4 is 4.74 Å². The van der Waals surface area contributed by atoms with Gasteiger partial charge in [-0.15, -0.1) is 0 Å². The predicted octanol–water partition coefficient (Wildman–Crippen LogP) is 3.37. The van der Waals surface area contributed by atoms with E-state index in [-0.39, 0.29) is 10.8 Å². The van der Waals surface area contributed by atoms with E-state index in [9.17, 15) is 8.42 Å². The Bertz CT molecular complexity index is 1140. The maximum Gasteiger partial charge on any atom is 0.246 e. The van der Waals surface area contributed by atoms with Crippen LogP contribution in [-0.2, 0) is 17.1 Å². The first-order chi connectivity index (χ1) is 14.4. The zero-order valence-electron chi connectivity index (χ0n) is 17.4. The van der Waals surface area contributed by atoms with E-state index in [4.69, 9.17) is 9.72 Å². The van der Waals surface area contributed by atoms with Gasteiger partial charge in [0.1, 0.15) is 10.6 Å². The normalized spacial score (nSPS) is 17.8. The highest BCUT2D eigenvalue weighted by Gasteiger charge is 2.33. The van der Waals surface area contributed by atoms with Gasteiger partial charge in [0.15, 0.2) is 0 Å². The van der Waals surface area contributed by atoms with E-state index in [1.54, 1.807) is 36.3 Å². The third kappa shape index (κ3) is 3.97. The Morgan fingerprint density at radius 2 is 1.90 bits per heavy atom. The fourth-order valence-corrected chi connectivity index (χ4v) is 5.70. The molecule has 1 aromatic carbocycles. The molecule has 1 unspecified atom stereocenters. The molecule has 1 aliphatic heterocycles. The lowest BCUT2D eigenvalue weighted by molar-refractivity contribution is 0.312. The van der Waals surface area contributed by atoms with E-state index < -0.39 is 10.0 Å². The van der Waals surface area contributed by atoms with E-state index >= 15 is 0 Å². The number of benzene rings is 1. The minimum Gasteiger partial charge on any atom is -0.497 e. The Labute approximate surface area is 177 Å². The van der Waals surface area contributed by atoms with Gasteiger partial charge in [-0.05, 0) is 56.2 Å². The molecule has 8 heteroatoms. The molecule has 1 aliphatic rings. The molecule has 1 atom stereocenters. The molecule has 0 bridgehead atoms. The van der Waals surface area contributed by atoms with Crippen LogP contribution >= 0.6 is 0 Å². The lowest BCUT2D eigenvalue weighted by Crippen LogP contribution is -2.39. The molecule has 0 radical (unpaired) electrons. The number of ether oxygens (including phenoxy) is 1. The summed E-state index contributed by atoms with van der Waals surface area (Å²) >= 11 is 0. The average Bonchev–Trinajstić information content (AvgIpc) is 3.13. The van der Waals surface area contributed by atoms with Crippen LogP contribution in [0.1, 0.15) is 30.1 Å². The summed E-state index contributed by atoms with van der Waals surface area (Å²) in [7, 11) is -0.196. The van der Waals surface area contributed by atoms with Gasteiger partial charge in [-0.1, -0.05) is 6.07 Å². The van der Waals surface area contributed by atoms with Gasteiger partial charge in [-0.25, -0.2) is 8.42 Å². The van der Waals surface area contributed by atoms with Crippen molar-refractivity contribution in [1.82, 2.24) is 19.1 Å². The third-order valence-electron chi connectivity index (χ3n) is 5.55. The van der Waals surface area contributed by atoms with Crippen molar-refractivity contribution in [2.75, 3.05) is 20.2 Å². The number of nitrogens with zero attached hydrogens (tertiary/aromatic N) is 4. The van der Waals surface area contributed by atoms with E-state index in [2.05, 4.69) is 5.10 Å². The maximum atomic E-state index is 13.2. The molecule has 158 valence electrons. The van der Waals surface area contributed by atoms with Crippen LogP contribution in [0.3, 0.4) is 0 Å². The molecule has 0 aliphatic carbocycles. The molecule has 30 heavy (non-hydrogen) atoms. The first-order valence-corrected chi connectivity index (χ1v) is 11.4. The zero-order chi connectivity index (χ0) is 21.3. The van der Waals surface area contributed by atoms with Crippen molar-refractivity contribution in [2.45, 2.75) is 30.6 Å². The van der Waals surface area contributed by atoms with Crippen molar-refractivity contribution in [1.29, 1.82) is 0 Å². The predicted molar refractivity (Wildman–Crippen MR) is 115 cm³/mol. The van der Waals surface area contributed by atoms with Crippen molar-refractivity contribution in [3.63, 3.8) is 0 Å². The second-order valence-electron chi connectivity index (χ2n) is 7.63. The molecule has 0 N–H and O–H groups in total. The summed E-state index contributed by atoms with van der Waals surface area (Å²) in [5, 5.41) is 4.20. The molecule has 0 spiro atoms. The molecule has 0 saturated carbocycles. The van der Waals surface area contributed by atoms with E-state index in [0.717, 1.165) is 35.5 Å². The number of sulfonamides is 1. The molecule has 2 aromatic heterocycles. The molecular formula is C22H26N4O3S. The largest absolute Gasteiger partial charge is 0.497 e. The fraction of sp³-hybridized carbons (Fsp3) is 0.364. The number of hydrogen-bond acceptors (Lipinski definition) is 5. The zero-order valence-corrected chi connectivity index (χ0v) is 18.3. The van der Waals surface area contributed by atoms with Crippen LogP contribution in [0, 0.1) is 6.92 Å². The third-order valence-corrected chi connectivity index (χ3v) is 7.51. The van der Waals surface area contributed by atoms with Crippen LogP contribution in [0.15, 0.2) is 53.6 Å². The SMILES string of the molecule is COc1ccc(-c2cccc(C3CCCN(S(=O)(=O)c4cn(C)nc4C)C3)n2)cc1. The van der Waals surface area contributed by atoms with Crippen LogP contribution in [0.5, 0.6) is 5.75 Å². The Kier molecular flexibility index (Phi) is 5.62. The van der Waals surface area contributed by atoms with Crippen LogP contribution in [0.4, 0.5) is 0 Å². The van der Waals surface area contributed by atoms with Gasteiger partial charge in [0.25, 0.3) is 0 Å². The summed E-state index contributed by atoms with van der Waals surface area (Å²) in [5.74, 6) is 0.859. The lowest BCUT2D eigenvalue weighted by atomic mass is 9.95. The molecule has 1 saturated heterocycles. The Hall–Kier alpha value is -2.71. The number of pyridine rings is 1. The van der Waals surface area contributed by atoms with Gasteiger partial charge in [0.05, 0.1) is 18.5 Å². The monoisotopic (exact) mass is 426 g/mol. The van der Waals surface area contributed by atoms with Gasteiger partial charge >= 0.3 is 0 Å². The molecule has 7 nitrogen and oxygen atoms in total. The Balaban J connectivity index is 1.58. The van der Waals surface area contributed by atoms with Crippen LogP contribution in [0.25, 0.3) is 11.3 Å². The highest BCUT2D eigenvalue weighted by Crippen LogP contribution is 2.31. The summed E-state index contributed by atoms with van der Waals surface area (Å²) in [4.78, 5) is 5.14. The quantitative estimate of drug-likeness (QED) is 0.625. The number of rotatable bonds is 5. The second kappa shape index (κ2) is 8.20. The standard InChI is InChI=1S/C22H26N4O3S/c1-16-22(15-25(2)24-16)30(27,28)26-13-5-6-18(14-26)21-8-4-7-20(23-21)17-9-11-19(29-3)12-10-17/h4,7-12,15,18H,5-6,13-14H2,1-3H3. The molecule has 4 rings (SSSR count). The Morgan fingerprint density at radius 3 is 2.57 bits per heavy atom. The van der Waals surface area contributed by atoms with Crippen molar-refractivity contribution >= 4 is 10.0 Å². The molecular weight excluding hydrogens is 400 g/mol. The van der Waals surface area contributed by atoms with Gasteiger partial charge < -0.3 is 4.74 Å². The van der Waals surface area contributed by atoms with E-state index in [1.807, 2.05) is 42.5 Å². The minimum absolute atomic E-state index is 0.0590. The summed E-state index contributed by atoms with van der Waals surface area (Å²) in [6.45, 7) is 2.68. The van der Waals surface area contributed by atoms with Crippen molar-refractivity contribution in [3.05, 3.63) is 60.0 Å². The van der Waals surface area contributed by atoms with Gasteiger partial charge in [-0.2, -0.15) is 9.40 Å². The summed E-state index contributed by atoms with van der Waals surface area (Å²) < 4.78 is 34.7. The van der Waals surface area contributed by atoms with Gasteiger partial charge in [0, 0.05) is 43.5 Å². The van der Waals surface area contributed by atoms with Gasteiger partial charge in [0.2, 0.25) is 10.0 Å². The number of methoxy groups -OCH3 is 1. The highest BCUT2D eigenvalue weighted by atomic mass is 32.2. The molecule has 1 fully saturated rings. The fourth-order valence-electron chi connectivity index (χ4n) is 3.97. The number of aryl methyl sites for hydroxylation is 2. The molecule has 3 heterocycles. The second-order valence-corrected chi connectivity index (χ2v) is 9.54. The smallest absolute Gasteiger partial charge is 0.246 e. The number of hydrogen-bond donors (Lipinski definition) is 0. The number of aromatic nitrogens is 3. The van der Waals surface area contributed by atoms with E-state index in [0.29, 0.717) is 18.8 Å². The van der Waals surface area contributed by atoms with Crippen LogP contribution in [0.2, 0.25) is 0 Å². The first-order valence-electron chi connectivity index (χ1n) is 10.0. The highest BCUT2D eigenvalue weighted by molar-refractivity contribution is 7.89. The summed E-state index contributed by atoms with van der Waals surface area (Å²) in [5.41, 5.74) is 3.33. The Morgan fingerprint density at radius 1 is 1.13 bits per heavy atom. The van der Waals surface area contributed by atoms with E-state index in [1.165, 1.54) is 0 Å². The van der Waals surface area contributed by atoms with Crippen molar-refractivity contribution in [3.8, 4) is 17.0 Å². The van der Waals surface area contributed by atoms with Crippen LogP contribution in [-0.4, -0.2) is 47.7 Å². The average molecular weight is 427 g/mol. The first kappa shape index (κ1) is 20.6. The van der Waals surface area contributed by atoms with Crippen molar-refractivity contribution in [2.24, 2.45) is 7.05 Å². The summed E-state index contributed by atoms with van der Waals surface area (Å²) in [6, 6.07) is 13.7. The maximum absolute atomic E-state index is 13.2. The molecule has 0 amide bonds. The lowest BCUT2D eigenvalue weighted by Gasteiger charge is -2.31. The topological polar surface area (TPSA) is 77.3 Å². The van der Waals surface area contributed by atoms with Gasteiger partial charge in [-0.3, -0.25) is 9.67 Å².